The molecule has 8 heteroatoms. The molecule has 2 heterocycles. The Balaban J connectivity index is 1.43. The molecule has 0 spiro atoms. The van der Waals surface area contributed by atoms with Crippen molar-refractivity contribution in [2.24, 2.45) is 0 Å². The zero-order valence-electron chi connectivity index (χ0n) is 14.5. The predicted octanol–water partition coefficient (Wildman–Crippen LogP) is 3.77. The first-order valence-electron chi connectivity index (χ1n) is 8.54. The van der Waals surface area contributed by atoms with Crippen LogP contribution in [-0.2, 0) is 12.7 Å². The quantitative estimate of drug-likeness (QED) is 0.683. The lowest BCUT2D eigenvalue weighted by Crippen LogP contribution is -2.23. The molecule has 0 radical (unpaired) electrons. The Labute approximate surface area is 158 Å². The van der Waals surface area contributed by atoms with E-state index >= 15 is 0 Å². The molecular weight excluding hydrogens is 373 g/mol. The zero-order chi connectivity index (χ0) is 19.7. The molecule has 144 valence electrons. The fourth-order valence-electron chi connectivity index (χ4n) is 3.04. The summed E-state index contributed by atoms with van der Waals surface area (Å²) in [4.78, 5) is 15.0. The third kappa shape index (κ3) is 3.71. The number of rotatable bonds is 4. The Hall–Kier alpha value is -3.29. The lowest BCUT2D eigenvalue weighted by atomic mass is 9.99. The van der Waals surface area contributed by atoms with E-state index in [1.807, 2.05) is 0 Å². The second kappa shape index (κ2) is 7.03. The fourth-order valence-corrected chi connectivity index (χ4v) is 3.04. The minimum atomic E-state index is -4.42. The first-order valence-corrected chi connectivity index (χ1v) is 8.54. The van der Waals surface area contributed by atoms with Crippen molar-refractivity contribution in [2.75, 3.05) is 6.61 Å². The van der Waals surface area contributed by atoms with Crippen LogP contribution in [0.4, 0.5) is 13.2 Å². The van der Waals surface area contributed by atoms with Gasteiger partial charge in [-0.25, -0.2) is 0 Å². The molecular formula is C20H15F3N2O3. The summed E-state index contributed by atoms with van der Waals surface area (Å²) >= 11 is 0. The Bertz CT molecular complexity index is 1050. The van der Waals surface area contributed by atoms with Crippen LogP contribution in [0, 0.1) is 0 Å². The molecule has 0 saturated carbocycles. The molecule has 2 aromatic carbocycles. The normalized spacial score (nSPS) is 15.8. The van der Waals surface area contributed by atoms with Gasteiger partial charge in [-0.3, -0.25) is 9.36 Å². The SMILES string of the molecule is O=c1ccn2c(n1)OC(COc1ccc(-c3ccccc3C(F)(F)F)cc1)C2. The van der Waals surface area contributed by atoms with Gasteiger partial charge in [0.1, 0.15) is 12.4 Å². The smallest absolute Gasteiger partial charge is 0.417 e. The lowest BCUT2D eigenvalue weighted by Gasteiger charge is -2.14. The summed E-state index contributed by atoms with van der Waals surface area (Å²) in [5.74, 6) is 0.510. The maximum Gasteiger partial charge on any atom is 0.417 e. The number of hydrogen-bond donors (Lipinski definition) is 0. The van der Waals surface area contributed by atoms with Gasteiger partial charge in [-0.05, 0) is 29.3 Å². The van der Waals surface area contributed by atoms with Gasteiger partial charge in [0.25, 0.3) is 11.6 Å². The molecule has 1 aliphatic heterocycles. The van der Waals surface area contributed by atoms with Crippen molar-refractivity contribution < 1.29 is 22.6 Å². The molecule has 1 aromatic heterocycles. The van der Waals surface area contributed by atoms with Crippen LogP contribution in [0.2, 0.25) is 0 Å². The van der Waals surface area contributed by atoms with Crippen molar-refractivity contribution in [3.05, 3.63) is 76.7 Å². The minimum absolute atomic E-state index is 0.118. The summed E-state index contributed by atoms with van der Waals surface area (Å²) in [7, 11) is 0. The maximum absolute atomic E-state index is 13.2. The van der Waals surface area contributed by atoms with E-state index in [1.54, 1.807) is 41.1 Å². The number of fused-ring (bicyclic) bond motifs is 1. The van der Waals surface area contributed by atoms with E-state index in [0.717, 1.165) is 6.07 Å². The molecule has 1 atom stereocenters. The van der Waals surface area contributed by atoms with Gasteiger partial charge in [0.05, 0.1) is 12.1 Å². The van der Waals surface area contributed by atoms with Crippen molar-refractivity contribution in [1.82, 2.24) is 9.55 Å². The highest BCUT2D eigenvalue weighted by molar-refractivity contribution is 5.68. The Kier molecular flexibility index (Phi) is 4.54. The maximum atomic E-state index is 13.2. The molecule has 0 amide bonds. The van der Waals surface area contributed by atoms with E-state index in [4.69, 9.17) is 9.47 Å². The van der Waals surface area contributed by atoms with Crippen LogP contribution < -0.4 is 15.0 Å². The van der Waals surface area contributed by atoms with Gasteiger partial charge in [0.15, 0.2) is 6.10 Å². The summed E-state index contributed by atoms with van der Waals surface area (Å²) < 4.78 is 52.5. The standard InChI is InChI=1S/C20H15F3N2O3/c21-20(22,23)17-4-2-1-3-16(17)13-5-7-14(8-6-13)27-12-15-11-25-10-9-18(26)24-19(25)28-15/h1-10,15H,11-12H2. The second-order valence-corrected chi connectivity index (χ2v) is 6.32. The summed E-state index contributed by atoms with van der Waals surface area (Å²) in [6, 6.07) is 13.5. The van der Waals surface area contributed by atoms with Crippen LogP contribution in [0.15, 0.2) is 65.6 Å². The van der Waals surface area contributed by atoms with Crippen LogP contribution in [0.25, 0.3) is 11.1 Å². The third-order valence-corrected chi connectivity index (χ3v) is 4.35. The highest BCUT2D eigenvalue weighted by Crippen LogP contribution is 2.37. The zero-order valence-corrected chi connectivity index (χ0v) is 14.5. The largest absolute Gasteiger partial charge is 0.490 e. The first kappa shape index (κ1) is 18.1. The highest BCUT2D eigenvalue weighted by atomic mass is 19.4. The first-order chi connectivity index (χ1) is 13.4. The third-order valence-electron chi connectivity index (χ3n) is 4.35. The van der Waals surface area contributed by atoms with E-state index in [0.29, 0.717) is 17.9 Å². The van der Waals surface area contributed by atoms with Gasteiger partial charge < -0.3 is 9.47 Å². The van der Waals surface area contributed by atoms with Crippen LogP contribution >= 0.6 is 0 Å². The molecule has 4 rings (SSSR count). The van der Waals surface area contributed by atoms with Crippen LogP contribution in [0.3, 0.4) is 0 Å². The van der Waals surface area contributed by atoms with Gasteiger partial charge in [0, 0.05) is 12.3 Å². The molecule has 28 heavy (non-hydrogen) atoms. The Morgan fingerprint density at radius 3 is 2.61 bits per heavy atom. The fraction of sp³-hybridized carbons (Fsp3) is 0.200. The molecule has 0 N–H and O–H groups in total. The van der Waals surface area contributed by atoms with Gasteiger partial charge in [-0.2, -0.15) is 18.2 Å². The van der Waals surface area contributed by atoms with Crippen molar-refractivity contribution in [1.29, 1.82) is 0 Å². The summed E-state index contributed by atoms with van der Waals surface area (Å²) in [5, 5.41) is 0. The molecule has 1 aliphatic rings. The molecule has 5 nitrogen and oxygen atoms in total. The van der Waals surface area contributed by atoms with Crippen molar-refractivity contribution in [3.8, 4) is 22.9 Å². The molecule has 3 aromatic rings. The second-order valence-electron chi connectivity index (χ2n) is 6.32. The van der Waals surface area contributed by atoms with Gasteiger partial charge in [0.2, 0.25) is 0 Å². The molecule has 0 fully saturated rings. The number of halogens is 3. The molecule has 0 aliphatic carbocycles. The lowest BCUT2D eigenvalue weighted by molar-refractivity contribution is -0.137. The number of benzene rings is 2. The van der Waals surface area contributed by atoms with E-state index in [9.17, 15) is 18.0 Å². The molecule has 0 saturated heterocycles. The highest BCUT2D eigenvalue weighted by Gasteiger charge is 2.33. The number of hydrogen-bond acceptors (Lipinski definition) is 4. The summed E-state index contributed by atoms with van der Waals surface area (Å²) in [5.41, 5.74) is -0.481. The van der Waals surface area contributed by atoms with E-state index in [1.165, 1.54) is 18.2 Å². The number of alkyl halides is 3. The van der Waals surface area contributed by atoms with Crippen LogP contribution in [0.1, 0.15) is 5.56 Å². The van der Waals surface area contributed by atoms with Crippen LogP contribution in [-0.4, -0.2) is 22.3 Å². The summed E-state index contributed by atoms with van der Waals surface area (Å²) in [6.45, 7) is 0.718. The predicted molar refractivity (Wildman–Crippen MR) is 95.3 cm³/mol. The monoisotopic (exact) mass is 388 g/mol. The average molecular weight is 388 g/mol. The number of ether oxygens (including phenoxy) is 2. The Morgan fingerprint density at radius 2 is 1.86 bits per heavy atom. The van der Waals surface area contributed by atoms with Crippen molar-refractivity contribution in [2.45, 2.75) is 18.8 Å². The van der Waals surface area contributed by atoms with E-state index in [-0.39, 0.29) is 29.8 Å². The van der Waals surface area contributed by atoms with Crippen molar-refractivity contribution in [3.63, 3.8) is 0 Å². The molecule has 0 bridgehead atoms. The average Bonchev–Trinajstić information content (AvgIpc) is 3.08. The minimum Gasteiger partial charge on any atom is -0.490 e. The number of nitrogens with zero attached hydrogens (tertiary/aromatic N) is 2. The van der Waals surface area contributed by atoms with Gasteiger partial charge >= 0.3 is 6.18 Å². The Morgan fingerprint density at radius 1 is 1.11 bits per heavy atom. The number of aromatic nitrogens is 2. The topological polar surface area (TPSA) is 53.4 Å². The molecule has 1 unspecified atom stereocenters. The van der Waals surface area contributed by atoms with Crippen molar-refractivity contribution >= 4 is 0 Å². The van der Waals surface area contributed by atoms with Gasteiger partial charge in [-0.1, -0.05) is 30.3 Å². The van der Waals surface area contributed by atoms with Gasteiger partial charge in [-0.15, -0.1) is 0 Å². The van der Waals surface area contributed by atoms with E-state index < -0.39 is 11.7 Å². The van der Waals surface area contributed by atoms with E-state index in [2.05, 4.69) is 4.98 Å². The van der Waals surface area contributed by atoms with Crippen LogP contribution in [0.5, 0.6) is 11.8 Å². The summed E-state index contributed by atoms with van der Waals surface area (Å²) in [6.07, 6.45) is -3.12.